The molecule has 0 saturated heterocycles. The highest BCUT2D eigenvalue weighted by molar-refractivity contribution is 5.76. The fraction of sp³-hybridized carbons (Fsp3) is 0.0833. The second-order valence-electron chi connectivity index (χ2n) is 7.18. The molecular formula is C24H20N6O3. The van der Waals surface area contributed by atoms with Gasteiger partial charge in [-0.3, -0.25) is 9.78 Å². The summed E-state index contributed by atoms with van der Waals surface area (Å²) in [6.45, 7) is 0.412. The van der Waals surface area contributed by atoms with Gasteiger partial charge in [-0.05, 0) is 48.0 Å². The molecule has 0 saturated carbocycles. The molecule has 0 atom stereocenters. The van der Waals surface area contributed by atoms with Crippen molar-refractivity contribution >= 4 is 17.0 Å². The van der Waals surface area contributed by atoms with E-state index >= 15 is 0 Å². The first-order valence-corrected chi connectivity index (χ1v) is 10.2. The largest absolute Gasteiger partial charge is 0.497 e. The number of pyridine rings is 1. The van der Waals surface area contributed by atoms with Crippen LogP contribution in [0.4, 0.5) is 5.95 Å². The van der Waals surface area contributed by atoms with Crippen molar-refractivity contribution in [2.45, 2.75) is 6.54 Å². The summed E-state index contributed by atoms with van der Waals surface area (Å²) in [5.41, 5.74) is 1.95. The lowest BCUT2D eigenvalue weighted by Crippen LogP contribution is -2.13. The molecule has 9 heteroatoms. The predicted molar refractivity (Wildman–Crippen MR) is 124 cm³/mol. The minimum Gasteiger partial charge on any atom is -0.497 e. The van der Waals surface area contributed by atoms with E-state index in [0.717, 1.165) is 17.0 Å². The third-order valence-electron chi connectivity index (χ3n) is 4.98. The van der Waals surface area contributed by atoms with Gasteiger partial charge in [-0.25, -0.2) is 9.67 Å². The quantitative estimate of drug-likeness (QED) is 0.395. The summed E-state index contributed by atoms with van der Waals surface area (Å²) in [7, 11) is 1.61. The van der Waals surface area contributed by atoms with E-state index in [0.29, 0.717) is 35.2 Å². The average Bonchev–Trinajstić information content (AvgIpc) is 3.29. The number of ether oxygens (including phenoxy) is 2. The van der Waals surface area contributed by atoms with Gasteiger partial charge in [0.05, 0.1) is 19.0 Å². The number of benzene rings is 2. The first kappa shape index (κ1) is 20.3. The van der Waals surface area contributed by atoms with Gasteiger partial charge in [0.2, 0.25) is 11.8 Å². The van der Waals surface area contributed by atoms with Gasteiger partial charge in [0.15, 0.2) is 5.65 Å². The second kappa shape index (κ2) is 8.83. The summed E-state index contributed by atoms with van der Waals surface area (Å²) in [6.07, 6.45) is 3.18. The smallest absolute Gasteiger partial charge is 0.263 e. The third kappa shape index (κ3) is 4.38. The van der Waals surface area contributed by atoms with Crippen LogP contribution in [0.1, 0.15) is 5.56 Å². The van der Waals surface area contributed by atoms with E-state index < -0.39 is 0 Å². The Morgan fingerprint density at radius 1 is 1.03 bits per heavy atom. The number of rotatable bonds is 7. The van der Waals surface area contributed by atoms with E-state index in [9.17, 15) is 4.79 Å². The summed E-state index contributed by atoms with van der Waals surface area (Å²) in [4.78, 5) is 24.1. The minimum atomic E-state index is -0.261. The number of anilines is 1. The van der Waals surface area contributed by atoms with E-state index in [4.69, 9.17) is 9.47 Å². The number of hydrogen-bond acceptors (Lipinski definition) is 7. The maximum Gasteiger partial charge on any atom is 0.263 e. The number of aromatic amines is 1. The molecule has 33 heavy (non-hydrogen) atoms. The lowest BCUT2D eigenvalue weighted by atomic mass is 10.2. The number of nitrogens with one attached hydrogen (secondary N) is 2. The molecule has 0 radical (unpaired) electrons. The van der Waals surface area contributed by atoms with Gasteiger partial charge in [0.1, 0.15) is 16.9 Å². The second-order valence-corrected chi connectivity index (χ2v) is 7.18. The molecule has 0 unspecified atom stereocenters. The summed E-state index contributed by atoms with van der Waals surface area (Å²) >= 11 is 0. The molecule has 0 aliphatic heterocycles. The topological polar surface area (TPSA) is 107 Å². The Labute approximate surface area is 188 Å². The van der Waals surface area contributed by atoms with Gasteiger partial charge < -0.3 is 14.8 Å². The van der Waals surface area contributed by atoms with Crippen LogP contribution in [0.3, 0.4) is 0 Å². The molecule has 0 amide bonds. The highest BCUT2D eigenvalue weighted by Crippen LogP contribution is 2.23. The maximum absolute atomic E-state index is 12.5. The summed E-state index contributed by atoms with van der Waals surface area (Å²) < 4.78 is 12.6. The molecule has 5 aromatic rings. The highest BCUT2D eigenvalue weighted by Gasteiger charge is 2.11. The van der Waals surface area contributed by atoms with Crippen LogP contribution < -0.4 is 20.3 Å². The molecular weight excluding hydrogens is 420 g/mol. The van der Waals surface area contributed by atoms with Crippen LogP contribution in [-0.2, 0) is 6.54 Å². The Morgan fingerprint density at radius 3 is 2.61 bits per heavy atom. The van der Waals surface area contributed by atoms with Crippen LogP contribution >= 0.6 is 0 Å². The lowest BCUT2D eigenvalue weighted by molar-refractivity contribution is 0.412. The van der Waals surface area contributed by atoms with Crippen molar-refractivity contribution in [3.8, 4) is 23.1 Å². The van der Waals surface area contributed by atoms with Gasteiger partial charge >= 0.3 is 0 Å². The third-order valence-corrected chi connectivity index (χ3v) is 4.98. The Morgan fingerprint density at radius 2 is 1.82 bits per heavy atom. The zero-order chi connectivity index (χ0) is 22.6. The van der Waals surface area contributed by atoms with Crippen LogP contribution in [0.2, 0.25) is 0 Å². The fourth-order valence-corrected chi connectivity index (χ4v) is 3.33. The van der Waals surface area contributed by atoms with Crippen molar-refractivity contribution in [1.29, 1.82) is 0 Å². The van der Waals surface area contributed by atoms with Crippen LogP contribution in [0.15, 0.2) is 83.9 Å². The normalized spacial score (nSPS) is 10.8. The van der Waals surface area contributed by atoms with E-state index in [1.54, 1.807) is 18.0 Å². The molecule has 0 aliphatic carbocycles. The van der Waals surface area contributed by atoms with Crippen LogP contribution in [0, 0.1) is 0 Å². The maximum atomic E-state index is 12.5. The van der Waals surface area contributed by atoms with E-state index in [1.807, 2.05) is 66.7 Å². The molecule has 2 N–H and O–H groups in total. The number of methoxy groups -OCH3 is 1. The Kier molecular flexibility index (Phi) is 5.42. The monoisotopic (exact) mass is 440 g/mol. The molecule has 3 aromatic heterocycles. The SMILES string of the molecule is COc1ccc(Oc2cc(CNc3nc4c(cnn4-c4ccccc4)c(=O)[nH]3)ccn2)cc1. The van der Waals surface area contributed by atoms with Gasteiger partial charge in [0, 0.05) is 18.8 Å². The Hall–Kier alpha value is -4.66. The van der Waals surface area contributed by atoms with Crippen molar-refractivity contribution in [2.24, 2.45) is 0 Å². The fourth-order valence-electron chi connectivity index (χ4n) is 3.33. The molecule has 5 rings (SSSR count). The molecule has 2 aromatic carbocycles. The van der Waals surface area contributed by atoms with Gasteiger partial charge in [-0.15, -0.1) is 0 Å². The molecule has 9 nitrogen and oxygen atoms in total. The van der Waals surface area contributed by atoms with Gasteiger partial charge in [0.25, 0.3) is 5.56 Å². The average molecular weight is 440 g/mol. The molecule has 3 heterocycles. The molecule has 164 valence electrons. The van der Waals surface area contributed by atoms with Crippen molar-refractivity contribution in [3.05, 3.63) is 95.0 Å². The van der Waals surface area contributed by atoms with Crippen LogP contribution in [-0.4, -0.2) is 31.8 Å². The first-order chi connectivity index (χ1) is 16.2. The van der Waals surface area contributed by atoms with Crippen LogP contribution in [0.5, 0.6) is 17.4 Å². The van der Waals surface area contributed by atoms with E-state index in [1.165, 1.54) is 6.20 Å². The number of fused-ring (bicyclic) bond motifs is 1. The number of H-pyrrole nitrogens is 1. The highest BCUT2D eigenvalue weighted by atomic mass is 16.5. The van der Waals surface area contributed by atoms with Crippen LogP contribution in [0.25, 0.3) is 16.7 Å². The lowest BCUT2D eigenvalue weighted by Gasteiger charge is -2.09. The summed E-state index contributed by atoms with van der Waals surface area (Å²) in [6, 6.07) is 20.5. The van der Waals surface area contributed by atoms with Crippen molar-refractivity contribution in [2.75, 3.05) is 12.4 Å². The molecule has 0 bridgehead atoms. The van der Waals surface area contributed by atoms with E-state index in [-0.39, 0.29) is 5.56 Å². The van der Waals surface area contributed by atoms with Gasteiger partial charge in [-0.1, -0.05) is 18.2 Å². The number of hydrogen-bond donors (Lipinski definition) is 2. The van der Waals surface area contributed by atoms with Gasteiger partial charge in [-0.2, -0.15) is 10.1 Å². The number of aromatic nitrogens is 5. The number of nitrogens with zero attached hydrogens (tertiary/aromatic N) is 4. The summed E-state index contributed by atoms with van der Waals surface area (Å²) in [5.74, 6) is 2.21. The zero-order valence-electron chi connectivity index (χ0n) is 17.7. The van der Waals surface area contributed by atoms with E-state index in [2.05, 4.69) is 25.4 Å². The zero-order valence-corrected chi connectivity index (χ0v) is 17.7. The Balaban J connectivity index is 1.34. The first-order valence-electron chi connectivity index (χ1n) is 10.2. The van der Waals surface area contributed by atoms with Crippen molar-refractivity contribution in [3.63, 3.8) is 0 Å². The molecule has 0 fully saturated rings. The molecule has 0 spiro atoms. The van der Waals surface area contributed by atoms with Crippen molar-refractivity contribution in [1.82, 2.24) is 24.7 Å². The summed E-state index contributed by atoms with van der Waals surface area (Å²) in [5, 5.41) is 7.90. The van der Waals surface area contributed by atoms with Crippen molar-refractivity contribution < 1.29 is 9.47 Å². The predicted octanol–water partition coefficient (Wildman–Crippen LogP) is 3.92. The Bertz CT molecular complexity index is 1450. The number of para-hydroxylation sites is 1. The minimum absolute atomic E-state index is 0.261. The standard InChI is InChI=1S/C24H20N6O3/c1-32-18-7-9-19(10-8-18)33-21-13-16(11-12-25-21)14-26-24-28-22-20(23(31)29-24)15-27-30(22)17-5-3-2-4-6-17/h2-13,15H,14H2,1H3,(H2,26,28,29,31). The molecule has 0 aliphatic rings.